The van der Waals surface area contributed by atoms with Crippen LogP contribution in [0.4, 0.5) is 4.39 Å². The molecule has 1 aliphatic heterocycles. The maximum Gasteiger partial charge on any atom is 0.170 e. The van der Waals surface area contributed by atoms with Gasteiger partial charge in [0, 0.05) is 17.2 Å². The summed E-state index contributed by atoms with van der Waals surface area (Å²) in [6.45, 7) is 5.08. The molecule has 1 aromatic carbocycles. The van der Waals surface area contributed by atoms with Crippen LogP contribution in [0.2, 0.25) is 0 Å². The van der Waals surface area contributed by atoms with Crippen molar-refractivity contribution in [3.05, 3.63) is 76.5 Å². The minimum absolute atomic E-state index is 0.142. The monoisotopic (exact) mass is 473 g/mol. The van der Waals surface area contributed by atoms with Crippen molar-refractivity contribution in [2.75, 3.05) is 6.54 Å². The van der Waals surface area contributed by atoms with Crippen molar-refractivity contribution >= 4 is 33.3 Å². The van der Waals surface area contributed by atoms with Gasteiger partial charge in [-0.2, -0.15) is 0 Å². The van der Waals surface area contributed by atoms with E-state index in [1.807, 2.05) is 30.3 Å². The lowest BCUT2D eigenvalue weighted by molar-refractivity contribution is 0.253. The van der Waals surface area contributed by atoms with Gasteiger partial charge in [-0.3, -0.25) is 4.98 Å². The molecule has 1 aliphatic rings. The lowest BCUT2D eigenvalue weighted by Gasteiger charge is -2.27. The Morgan fingerprint density at radius 2 is 2.07 bits per heavy atom. The van der Waals surface area contributed by atoms with E-state index in [1.165, 1.54) is 6.07 Å². The molecule has 0 saturated carbocycles. The molecule has 0 aliphatic carbocycles. The fourth-order valence-corrected chi connectivity index (χ4v) is 4.30. The topological polar surface area (TPSA) is 41.3 Å². The number of halogens is 2. The normalized spacial score (nSPS) is 19.1. The molecule has 0 spiro atoms. The van der Waals surface area contributed by atoms with E-state index >= 15 is 0 Å². The van der Waals surface area contributed by atoms with Crippen molar-refractivity contribution in [1.29, 1.82) is 0 Å². The van der Waals surface area contributed by atoms with E-state index < -0.39 is 0 Å². The number of thiocarbonyl (C=S) groups is 1. The van der Waals surface area contributed by atoms with E-state index in [1.54, 1.807) is 18.3 Å². The van der Waals surface area contributed by atoms with Crippen LogP contribution in [0.1, 0.15) is 37.4 Å². The van der Waals surface area contributed by atoms with Crippen molar-refractivity contribution in [2.24, 2.45) is 5.92 Å². The minimum Gasteiger partial charge on any atom is -0.459 e. The summed E-state index contributed by atoms with van der Waals surface area (Å²) >= 11 is 8.92. The average molecular weight is 474 g/mol. The van der Waals surface area contributed by atoms with E-state index in [4.69, 9.17) is 16.6 Å². The summed E-state index contributed by atoms with van der Waals surface area (Å²) in [6.07, 6.45) is 1.77. The predicted molar refractivity (Wildman–Crippen MR) is 119 cm³/mol. The molecule has 2 aromatic heterocycles. The number of rotatable bonds is 5. The van der Waals surface area contributed by atoms with Gasteiger partial charge in [0.1, 0.15) is 23.4 Å². The van der Waals surface area contributed by atoms with Gasteiger partial charge in [0.25, 0.3) is 0 Å². The predicted octanol–water partition coefficient (Wildman–Crippen LogP) is 5.87. The fraction of sp³-hybridized carbons (Fsp3) is 0.273. The minimum atomic E-state index is -0.333. The Hall–Kier alpha value is -2.25. The van der Waals surface area contributed by atoms with Crippen molar-refractivity contribution < 1.29 is 8.81 Å². The first kappa shape index (κ1) is 20.0. The third-order valence-electron chi connectivity index (χ3n) is 4.87. The number of furan rings is 1. The third-order valence-corrected chi connectivity index (χ3v) is 5.72. The standard InChI is InChI=1S/C22H21BrFN3OS/c1-13(2)12-27-21(20(26-22(27)29)17-5-3-4-10-25-17)19-9-8-18(28-19)15-7-6-14(23)11-16(15)24/h3-11,13,20-21H,12H2,1-2H3,(H,26,29)/t20-,21-/m0/s1. The lowest BCUT2D eigenvalue weighted by Crippen LogP contribution is -2.32. The maximum absolute atomic E-state index is 14.4. The van der Waals surface area contributed by atoms with Gasteiger partial charge in [-0.15, -0.1) is 0 Å². The molecule has 1 N–H and O–H groups in total. The Morgan fingerprint density at radius 1 is 1.24 bits per heavy atom. The highest BCUT2D eigenvalue weighted by Crippen LogP contribution is 2.41. The number of benzene rings is 1. The van der Waals surface area contributed by atoms with Crippen LogP contribution < -0.4 is 5.32 Å². The summed E-state index contributed by atoms with van der Waals surface area (Å²) in [4.78, 5) is 6.66. The van der Waals surface area contributed by atoms with Crippen molar-refractivity contribution in [3.63, 3.8) is 0 Å². The van der Waals surface area contributed by atoms with Crippen LogP contribution in [-0.2, 0) is 0 Å². The zero-order chi connectivity index (χ0) is 20.5. The smallest absolute Gasteiger partial charge is 0.170 e. The lowest BCUT2D eigenvalue weighted by atomic mass is 10.0. The molecule has 3 aromatic rings. The largest absolute Gasteiger partial charge is 0.459 e. The number of aromatic nitrogens is 1. The molecule has 4 rings (SSSR count). The summed E-state index contributed by atoms with van der Waals surface area (Å²) in [7, 11) is 0. The molecule has 7 heteroatoms. The molecule has 2 atom stereocenters. The van der Waals surface area contributed by atoms with Crippen LogP contribution in [0.3, 0.4) is 0 Å². The second-order valence-corrected chi connectivity index (χ2v) is 8.80. The highest BCUT2D eigenvalue weighted by Gasteiger charge is 2.41. The molecule has 1 fully saturated rings. The van der Waals surface area contributed by atoms with E-state index in [9.17, 15) is 4.39 Å². The number of hydrogen-bond acceptors (Lipinski definition) is 3. The molecule has 0 bridgehead atoms. The first-order valence-electron chi connectivity index (χ1n) is 9.47. The Kier molecular flexibility index (Phi) is 5.69. The SMILES string of the molecule is CC(C)CN1C(=S)N[C@@H](c2ccccn2)[C@@H]1c1ccc(-c2ccc(Br)cc2F)o1. The first-order chi connectivity index (χ1) is 13.9. The molecule has 1 saturated heterocycles. The summed E-state index contributed by atoms with van der Waals surface area (Å²) in [5.74, 6) is 1.30. The van der Waals surface area contributed by atoms with Crippen molar-refractivity contribution in [1.82, 2.24) is 15.2 Å². The number of pyridine rings is 1. The van der Waals surface area contributed by atoms with Gasteiger partial charge < -0.3 is 14.6 Å². The van der Waals surface area contributed by atoms with Gasteiger partial charge in [-0.25, -0.2) is 4.39 Å². The van der Waals surface area contributed by atoms with Crippen LogP contribution in [0.5, 0.6) is 0 Å². The number of hydrogen-bond donors (Lipinski definition) is 1. The molecule has 4 nitrogen and oxygen atoms in total. The van der Waals surface area contributed by atoms with Gasteiger partial charge in [0.2, 0.25) is 0 Å². The highest BCUT2D eigenvalue weighted by molar-refractivity contribution is 9.10. The Balaban J connectivity index is 1.74. The van der Waals surface area contributed by atoms with Crippen molar-refractivity contribution in [3.8, 4) is 11.3 Å². The van der Waals surface area contributed by atoms with E-state index in [2.05, 4.69) is 45.0 Å². The second kappa shape index (κ2) is 8.24. The summed E-state index contributed by atoms with van der Waals surface area (Å²) < 4.78 is 21.3. The first-order valence-corrected chi connectivity index (χ1v) is 10.7. The molecule has 0 amide bonds. The highest BCUT2D eigenvalue weighted by atomic mass is 79.9. The Morgan fingerprint density at radius 3 is 2.76 bits per heavy atom. The molecule has 0 unspecified atom stereocenters. The second-order valence-electron chi connectivity index (χ2n) is 7.50. The number of nitrogens with one attached hydrogen (secondary N) is 1. The Bertz CT molecular complexity index is 1020. The van der Waals surface area contributed by atoms with Crippen LogP contribution in [0.15, 0.2) is 63.6 Å². The average Bonchev–Trinajstić information content (AvgIpc) is 3.27. The number of nitrogens with zero attached hydrogens (tertiary/aromatic N) is 2. The van der Waals surface area contributed by atoms with Crippen molar-refractivity contribution in [2.45, 2.75) is 25.9 Å². The summed E-state index contributed by atoms with van der Waals surface area (Å²) in [6, 6.07) is 14.2. The molecular weight excluding hydrogens is 453 g/mol. The molecule has 3 heterocycles. The molecule has 150 valence electrons. The van der Waals surface area contributed by atoms with Gasteiger partial charge in [0.05, 0.1) is 17.3 Å². The third kappa shape index (κ3) is 4.07. The fourth-order valence-electron chi connectivity index (χ4n) is 3.65. The zero-order valence-electron chi connectivity index (χ0n) is 16.1. The van der Waals surface area contributed by atoms with Crippen LogP contribution in [-0.4, -0.2) is 21.5 Å². The summed E-state index contributed by atoms with van der Waals surface area (Å²) in [5, 5.41) is 4.07. The molecule has 0 radical (unpaired) electrons. The van der Waals surface area contributed by atoms with Gasteiger partial charge in [-0.1, -0.05) is 35.8 Å². The van der Waals surface area contributed by atoms with E-state index in [0.717, 1.165) is 18.0 Å². The Labute approximate surface area is 183 Å². The van der Waals surface area contributed by atoms with Gasteiger partial charge in [-0.05, 0) is 60.6 Å². The molecular formula is C22H21BrFN3OS. The van der Waals surface area contributed by atoms with Crippen LogP contribution >= 0.6 is 28.1 Å². The molecule has 29 heavy (non-hydrogen) atoms. The van der Waals surface area contributed by atoms with Crippen LogP contribution in [0, 0.1) is 11.7 Å². The van der Waals surface area contributed by atoms with Gasteiger partial charge in [0.15, 0.2) is 5.11 Å². The van der Waals surface area contributed by atoms with Gasteiger partial charge >= 0.3 is 0 Å². The van der Waals surface area contributed by atoms with Crippen LogP contribution in [0.25, 0.3) is 11.3 Å². The quantitative estimate of drug-likeness (QED) is 0.469. The maximum atomic E-state index is 14.4. The van der Waals surface area contributed by atoms with E-state index in [-0.39, 0.29) is 17.9 Å². The zero-order valence-corrected chi connectivity index (χ0v) is 18.5. The summed E-state index contributed by atoms with van der Waals surface area (Å²) in [5.41, 5.74) is 1.32. The van der Waals surface area contributed by atoms with E-state index in [0.29, 0.717) is 26.8 Å².